The van der Waals surface area contributed by atoms with E-state index in [1.807, 2.05) is 0 Å². The van der Waals surface area contributed by atoms with Gasteiger partial charge in [0.2, 0.25) is 0 Å². The van der Waals surface area contributed by atoms with Gasteiger partial charge in [-0.2, -0.15) is 13.2 Å². The van der Waals surface area contributed by atoms with Crippen LogP contribution in [0.2, 0.25) is 0 Å². The maximum Gasteiger partial charge on any atom is 0.387 e. The number of ether oxygens (including phenoxy) is 1. The van der Waals surface area contributed by atoms with E-state index in [2.05, 4.69) is 9.72 Å². The molecule has 1 aromatic heterocycles. The quantitative estimate of drug-likeness (QED) is 0.538. The summed E-state index contributed by atoms with van der Waals surface area (Å²) in [4.78, 5) is 13.3. The number of halogens is 3. The lowest BCUT2D eigenvalue weighted by Gasteiger charge is -2.05. The number of carbonyl (C=O) groups excluding carboxylic acids is 1. The number of alkyl halides is 2. The summed E-state index contributed by atoms with van der Waals surface area (Å²) in [6.07, 6.45) is 1.19. The third kappa shape index (κ3) is 2.17. The maximum absolute atomic E-state index is 12.7. The normalized spacial score (nSPS) is 10.2. The zero-order valence-corrected chi connectivity index (χ0v) is 6.21. The highest BCUT2D eigenvalue weighted by Crippen LogP contribution is 2.20. The number of hydrogen-bond donors (Lipinski definition) is 0. The van der Waals surface area contributed by atoms with Gasteiger partial charge in [-0.05, 0) is 6.07 Å². The second kappa shape index (κ2) is 3.88. The fraction of sp³-hybridized carbons (Fsp3) is 0.143. The van der Waals surface area contributed by atoms with E-state index < -0.39 is 18.3 Å². The summed E-state index contributed by atoms with van der Waals surface area (Å²) in [5.74, 6) is -2.06. The summed E-state index contributed by atoms with van der Waals surface area (Å²) < 4.78 is 39.8. The van der Waals surface area contributed by atoms with Crippen molar-refractivity contribution < 1.29 is 22.7 Å². The van der Waals surface area contributed by atoms with Crippen LogP contribution in [-0.4, -0.2) is 17.9 Å². The fourth-order valence-corrected chi connectivity index (χ4v) is 0.735. The van der Waals surface area contributed by atoms with E-state index in [-0.39, 0.29) is 11.8 Å². The third-order valence-electron chi connectivity index (χ3n) is 1.23. The van der Waals surface area contributed by atoms with Crippen LogP contribution in [0.1, 0.15) is 10.4 Å². The van der Waals surface area contributed by atoms with E-state index in [0.29, 0.717) is 0 Å². The summed E-state index contributed by atoms with van der Waals surface area (Å²) >= 11 is 0. The summed E-state index contributed by atoms with van der Waals surface area (Å²) in [6, 6.07) is 1.08. The number of aromatic nitrogens is 1. The second-order valence-corrected chi connectivity index (χ2v) is 2.02. The van der Waals surface area contributed by atoms with Crippen molar-refractivity contribution in [1.82, 2.24) is 4.98 Å². The topological polar surface area (TPSA) is 39.2 Å². The molecule has 0 radical (unpaired) electrons. The molecule has 0 aliphatic rings. The van der Waals surface area contributed by atoms with Crippen molar-refractivity contribution in [3.63, 3.8) is 0 Å². The van der Waals surface area contributed by atoms with E-state index >= 15 is 0 Å². The minimum Gasteiger partial charge on any atom is -0.429 e. The molecule has 6 heteroatoms. The minimum atomic E-state index is -3.18. The Bertz CT molecular complexity index is 317. The van der Waals surface area contributed by atoms with Gasteiger partial charge < -0.3 is 4.74 Å². The molecule has 0 saturated heterocycles. The number of pyridine rings is 1. The molecule has 0 atom stereocenters. The number of rotatable bonds is 3. The summed E-state index contributed by atoms with van der Waals surface area (Å²) in [5.41, 5.74) is -0.298. The zero-order chi connectivity index (χ0) is 9.84. The van der Waals surface area contributed by atoms with Crippen LogP contribution in [0.25, 0.3) is 0 Å². The van der Waals surface area contributed by atoms with Crippen LogP contribution >= 0.6 is 0 Å². The highest BCUT2D eigenvalue weighted by molar-refractivity contribution is 5.78. The maximum atomic E-state index is 12.7. The predicted molar refractivity (Wildman–Crippen MR) is 36.2 cm³/mol. The molecule has 70 valence electrons. The van der Waals surface area contributed by atoms with Crippen LogP contribution < -0.4 is 4.74 Å². The first kappa shape index (κ1) is 9.50. The highest BCUT2D eigenvalue weighted by Gasteiger charge is 2.14. The Morgan fingerprint density at radius 2 is 2.23 bits per heavy atom. The van der Waals surface area contributed by atoms with Crippen molar-refractivity contribution in [2.24, 2.45) is 0 Å². The van der Waals surface area contributed by atoms with Crippen molar-refractivity contribution >= 4 is 6.29 Å². The molecule has 0 saturated carbocycles. The molecular weight excluding hydrogens is 187 g/mol. The average molecular weight is 191 g/mol. The van der Waals surface area contributed by atoms with Crippen molar-refractivity contribution in [2.45, 2.75) is 6.61 Å². The predicted octanol–water partition coefficient (Wildman–Crippen LogP) is 1.63. The standard InChI is InChI=1S/C7H4F3NO2/c8-6-5(13-7(9)10)4(3-12)1-2-11-6/h1-3,7H. The lowest BCUT2D eigenvalue weighted by Crippen LogP contribution is -2.07. The van der Waals surface area contributed by atoms with Crippen molar-refractivity contribution in [3.8, 4) is 5.75 Å². The molecule has 3 nitrogen and oxygen atoms in total. The lowest BCUT2D eigenvalue weighted by molar-refractivity contribution is -0.0529. The van der Waals surface area contributed by atoms with Crippen LogP contribution in [-0.2, 0) is 0 Å². The summed E-state index contributed by atoms with van der Waals surface area (Å²) in [7, 11) is 0. The van der Waals surface area contributed by atoms with E-state index in [4.69, 9.17) is 0 Å². The molecule has 0 N–H and O–H groups in total. The van der Waals surface area contributed by atoms with Gasteiger partial charge in [0.15, 0.2) is 12.0 Å². The number of aldehydes is 1. The molecule has 0 amide bonds. The van der Waals surface area contributed by atoms with Gasteiger partial charge in [0.05, 0.1) is 5.56 Å². The molecule has 0 unspecified atom stereocenters. The summed E-state index contributed by atoms with van der Waals surface area (Å²) in [6.45, 7) is -3.18. The summed E-state index contributed by atoms with van der Waals surface area (Å²) in [5, 5.41) is 0. The largest absolute Gasteiger partial charge is 0.429 e. The Hall–Kier alpha value is -1.59. The monoisotopic (exact) mass is 191 g/mol. The first-order chi connectivity index (χ1) is 6.15. The fourth-order valence-electron chi connectivity index (χ4n) is 0.735. The van der Waals surface area contributed by atoms with E-state index in [1.165, 1.54) is 0 Å². The van der Waals surface area contributed by atoms with Gasteiger partial charge in [0.25, 0.3) is 5.95 Å². The van der Waals surface area contributed by atoms with Gasteiger partial charge in [-0.15, -0.1) is 0 Å². The number of hydrogen-bond acceptors (Lipinski definition) is 3. The molecule has 13 heavy (non-hydrogen) atoms. The molecular formula is C7H4F3NO2. The molecule has 0 fully saturated rings. The second-order valence-electron chi connectivity index (χ2n) is 2.02. The Balaban J connectivity index is 3.07. The smallest absolute Gasteiger partial charge is 0.387 e. The Morgan fingerprint density at radius 3 is 2.77 bits per heavy atom. The SMILES string of the molecule is O=Cc1ccnc(F)c1OC(F)F. The molecule has 1 aromatic rings. The number of carbonyl (C=O) groups is 1. The first-order valence-corrected chi connectivity index (χ1v) is 3.19. The van der Waals surface area contributed by atoms with Crippen molar-refractivity contribution in [1.29, 1.82) is 0 Å². The molecule has 0 aliphatic carbocycles. The van der Waals surface area contributed by atoms with Gasteiger partial charge in [0, 0.05) is 6.20 Å². The van der Waals surface area contributed by atoms with E-state index in [9.17, 15) is 18.0 Å². The van der Waals surface area contributed by atoms with Crippen LogP contribution in [0.3, 0.4) is 0 Å². The van der Waals surface area contributed by atoms with Crippen LogP contribution in [0.4, 0.5) is 13.2 Å². The van der Waals surface area contributed by atoms with Gasteiger partial charge >= 0.3 is 6.61 Å². The average Bonchev–Trinajstić information content (AvgIpc) is 2.08. The van der Waals surface area contributed by atoms with Crippen LogP contribution in [0, 0.1) is 5.95 Å². The molecule has 0 aromatic carbocycles. The Labute approximate surface area is 71.2 Å². The lowest BCUT2D eigenvalue weighted by atomic mass is 10.3. The van der Waals surface area contributed by atoms with E-state index in [0.717, 1.165) is 12.3 Å². The van der Waals surface area contributed by atoms with Gasteiger partial charge in [-0.25, -0.2) is 4.98 Å². The molecule has 0 bridgehead atoms. The van der Waals surface area contributed by atoms with Gasteiger partial charge in [-0.1, -0.05) is 0 Å². The van der Waals surface area contributed by atoms with E-state index in [1.54, 1.807) is 0 Å². The number of nitrogens with zero attached hydrogens (tertiary/aromatic N) is 1. The van der Waals surface area contributed by atoms with Gasteiger partial charge in [-0.3, -0.25) is 4.79 Å². The molecule has 0 spiro atoms. The Morgan fingerprint density at radius 1 is 1.54 bits per heavy atom. The minimum absolute atomic E-state index is 0.211. The molecule has 0 aliphatic heterocycles. The van der Waals surface area contributed by atoms with Crippen LogP contribution in [0.5, 0.6) is 5.75 Å². The van der Waals surface area contributed by atoms with Gasteiger partial charge in [0.1, 0.15) is 0 Å². The Kier molecular flexibility index (Phi) is 2.84. The van der Waals surface area contributed by atoms with Crippen molar-refractivity contribution in [3.05, 3.63) is 23.8 Å². The molecule has 1 heterocycles. The first-order valence-electron chi connectivity index (χ1n) is 3.19. The van der Waals surface area contributed by atoms with Crippen molar-refractivity contribution in [2.75, 3.05) is 0 Å². The highest BCUT2D eigenvalue weighted by atomic mass is 19.3. The third-order valence-corrected chi connectivity index (χ3v) is 1.23. The van der Waals surface area contributed by atoms with Crippen LogP contribution in [0.15, 0.2) is 12.3 Å². The zero-order valence-electron chi connectivity index (χ0n) is 6.21. The molecule has 1 rings (SSSR count).